The van der Waals surface area contributed by atoms with Crippen molar-refractivity contribution in [3.05, 3.63) is 176 Å². The molecule has 0 amide bonds. The second-order valence-corrected chi connectivity index (χ2v) is 15.4. The first-order valence-electron chi connectivity index (χ1n) is 17.5. The van der Waals surface area contributed by atoms with Gasteiger partial charge in [-0.15, -0.1) is 22.7 Å². The molecular formula is C48H29NOS2. The van der Waals surface area contributed by atoms with Gasteiger partial charge in [0.25, 0.3) is 0 Å². The summed E-state index contributed by atoms with van der Waals surface area (Å²) in [6.07, 6.45) is 0. The first kappa shape index (κ1) is 29.5. The monoisotopic (exact) mass is 699 g/mol. The molecule has 244 valence electrons. The normalized spacial score (nSPS) is 11.8. The second kappa shape index (κ2) is 11.7. The van der Waals surface area contributed by atoms with Crippen molar-refractivity contribution < 1.29 is 4.42 Å². The van der Waals surface area contributed by atoms with Gasteiger partial charge < -0.3 is 9.32 Å². The Morgan fingerprint density at radius 3 is 1.94 bits per heavy atom. The van der Waals surface area contributed by atoms with Crippen molar-refractivity contribution in [3.8, 4) is 22.3 Å². The Balaban J connectivity index is 1.15. The first-order valence-corrected chi connectivity index (χ1v) is 19.1. The summed E-state index contributed by atoms with van der Waals surface area (Å²) >= 11 is 3.74. The van der Waals surface area contributed by atoms with E-state index in [1.807, 2.05) is 34.8 Å². The van der Waals surface area contributed by atoms with Crippen LogP contribution in [0, 0.1) is 0 Å². The Labute approximate surface area is 308 Å². The molecule has 0 spiro atoms. The molecule has 2 nitrogen and oxygen atoms in total. The van der Waals surface area contributed by atoms with Gasteiger partial charge in [0, 0.05) is 68.1 Å². The lowest BCUT2D eigenvalue weighted by atomic mass is 9.98. The Hall–Kier alpha value is -6.20. The lowest BCUT2D eigenvalue weighted by Gasteiger charge is -2.28. The summed E-state index contributed by atoms with van der Waals surface area (Å²) in [4.78, 5) is 2.42. The minimum absolute atomic E-state index is 0.890. The number of thiophene rings is 2. The summed E-state index contributed by atoms with van der Waals surface area (Å²) in [6, 6.07) is 63.8. The van der Waals surface area contributed by atoms with Crippen molar-refractivity contribution in [2.45, 2.75) is 0 Å². The number of para-hydroxylation sites is 2. The number of nitrogens with zero attached hydrogens (tertiary/aromatic N) is 1. The zero-order valence-electron chi connectivity index (χ0n) is 27.9. The predicted octanol–water partition coefficient (Wildman–Crippen LogP) is 15.1. The van der Waals surface area contributed by atoms with E-state index < -0.39 is 0 Å². The number of rotatable bonds is 5. The molecule has 0 bridgehead atoms. The average Bonchev–Trinajstić information content (AvgIpc) is 3.89. The van der Waals surface area contributed by atoms with Gasteiger partial charge in [-0.1, -0.05) is 109 Å². The predicted molar refractivity (Wildman–Crippen MR) is 225 cm³/mol. The molecule has 52 heavy (non-hydrogen) atoms. The molecule has 0 atom stereocenters. The maximum Gasteiger partial charge on any atom is 0.135 e. The van der Waals surface area contributed by atoms with Crippen LogP contribution in [0.5, 0.6) is 0 Å². The van der Waals surface area contributed by atoms with E-state index in [0.717, 1.165) is 39.0 Å². The highest BCUT2D eigenvalue weighted by atomic mass is 32.1. The first-order chi connectivity index (χ1) is 25.8. The van der Waals surface area contributed by atoms with E-state index in [1.54, 1.807) is 0 Å². The van der Waals surface area contributed by atoms with E-state index >= 15 is 0 Å². The van der Waals surface area contributed by atoms with Crippen molar-refractivity contribution in [3.63, 3.8) is 0 Å². The highest BCUT2D eigenvalue weighted by Gasteiger charge is 2.21. The SMILES string of the molecule is c1ccc(-c2ccccc2N(c2ccc3oc4ccccc4c3c2)c2ccc3sc4cccc(-c5ccc6c(c5)sc5ccccc56)c4c3c2)cc1. The van der Waals surface area contributed by atoms with E-state index in [2.05, 4.69) is 169 Å². The molecule has 0 aliphatic heterocycles. The van der Waals surface area contributed by atoms with Crippen LogP contribution in [0.4, 0.5) is 17.1 Å². The molecule has 11 aromatic rings. The van der Waals surface area contributed by atoms with Crippen molar-refractivity contribution in [1.29, 1.82) is 0 Å². The molecule has 0 saturated heterocycles. The zero-order valence-corrected chi connectivity index (χ0v) is 29.5. The van der Waals surface area contributed by atoms with E-state index in [0.29, 0.717) is 0 Å². The zero-order chi connectivity index (χ0) is 34.2. The summed E-state index contributed by atoms with van der Waals surface area (Å²) in [5.74, 6) is 0. The fraction of sp³-hybridized carbons (Fsp3) is 0. The summed E-state index contributed by atoms with van der Waals surface area (Å²) in [6.45, 7) is 0. The van der Waals surface area contributed by atoms with Gasteiger partial charge in [0.2, 0.25) is 0 Å². The molecule has 3 heterocycles. The van der Waals surface area contributed by atoms with Crippen LogP contribution in [0.3, 0.4) is 0 Å². The van der Waals surface area contributed by atoms with Gasteiger partial charge in [0.1, 0.15) is 11.2 Å². The molecule has 0 fully saturated rings. The van der Waals surface area contributed by atoms with Gasteiger partial charge in [-0.3, -0.25) is 0 Å². The molecule has 8 aromatic carbocycles. The van der Waals surface area contributed by atoms with Gasteiger partial charge >= 0.3 is 0 Å². The van der Waals surface area contributed by atoms with Crippen LogP contribution < -0.4 is 4.90 Å². The summed E-state index contributed by atoms with van der Waals surface area (Å²) in [7, 11) is 0. The van der Waals surface area contributed by atoms with Crippen LogP contribution in [0.15, 0.2) is 180 Å². The molecule has 0 radical (unpaired) electrons. The lowest BCUT2D eigenvalue weighted by molar-refractivity contribution is 0.669. The van der Waals surface area contributed by atoms with Gasteiger partial charge in [-0.25, -0.2) is 0 Å². The number of hydrogen-bond donors (Lipinski definition) is 0. The summed E-state index contributed by atoms with van der Waals surface area (Å²) in [5.41, 5.74) is 9.97. The molecule has 11 rings (SSSR count). The Bertz CT molecular complexity index is 3150. The Kier molecular flexibility index (Phi) is 6.63. The van der Waals surface area contributed by atoms with Crippen LogP contribution in [-0.4, -0.2) is 0 Å². The van der Waals surface area contributed by atoms with E-state index in [1.165, 1.54) is 62.6 Å². The van der Waals surface area contributed by atoms with Crippen molar-refractivity contribution >= 4 is 102 Å². The van der Waals surface area contributed by atoms with Gasteiger partial charge in [-0.2, -0.15) is 0 Å². The molecule has 0 saturated carbocycles. The fourth-order valence-corrected chi connectivity index (χ4v) is 10.2. The topological polar surface area (TPSA) is 16.4 Å². The molecule has 4 heteroatoms. The summed E-state index contributed by atoms with van der Waals surface area (Å²) < 4.78 is 11.5. The maximum atomic E-state index is 6.27. The standard InChI is InChI=1S/C48H29NOS2/c1-2-11-30(12-3-1)34-13-4-7-17-41(34)49(32-22-25-43-39(28-32)36-14-5-8-18-42(36)50-43)33-23-26-45-40(29-33)48-35(16-10-20-46(48)51-45)31-21-24-38-37-15-6-9-19-44(37)52-47(38)27-31/h1-29H. The third-order valence-electron chi connectivity index (χ3n) is 10.3. The molecule has 0 N–H and O–H groups in total. The highest BCUT2D eigenvalue weighted by Crippen LogP contribution is 2.47. The van der Waals surface area contributed by atoms with Crippen LogP contribution >= 0.6 is 22.7 Å². The number of hydrogen-bond acceptors (Lipinski definition) is 4. The molecule has 0 aliphatic carbocycles. The van der Waals surface area contributed by atoms with Crippen LogP contribution in [0.25, 0.3) is 84.5 Å². The maximum absolute atomic E-state index is 6.27. The molecule has 3 aromatic heterocycles. The average molecular weight is 700 g/mol. The van der Waals surface area contributed by atoms with Crippen LogP contribution in [0.2, 0.25) is 0 Å². The van der Waals surface area contributed by atoms with Crippen LogP contribution in [-0.2, 0) is 0 Å². The minimum atomic E-state index is 0.890. The highest BCUT2D eigenvalue weighted by molar-refractivity contribution is 7.26. The smallest absolute Gasteiger partial charge is 0.135 e. The van der Waals surface area contributed by atoms with Gasteiger partial charge in [0.05, 0.1) is 5.69 Å². The van der Waals surface area contributed by atoms with Crippen molar-refractivity contribution in [2.24, 2.45) is 0 Å². The van der Waals surface area contributed by atoms with E-state index in [-0.39, 0.29) is 0 Å². The third-order valence-corrected chi connectivity index (χ3v) is 12.5. The van der Waals surface area contributed by atoms with E-state index in [9.17, 15) is 0 Å². The fourth-order valence-electron chi connectivity index (χ4n) is 7.90. The lowest BCUT2D eigenvalue weighted by Crippen LogP contribution is -2.11. The minimum Gasteiger partial charge on any atom is -0.456 e. The largest absolute Gasteiger partial charge is 0.456 e. The van der Waals surface area contributed by atoms with E-state index in [4.69, 9.17) is 4.42 Å². The molecule has 0 aliphatic rings. The van der Waals surface area contributed by atoms with Crippen LogP contribution in [0.1, 0.15) is 0 Å². The van der Waals surface area contributed by atoms with Crippen molar-refractivity contribution in [2.75, 3.05) is 4.90 Å². The molecular weight excluding hydrogens is 671 g/mol. The third kappa shape index (κ3) is 4.62. The van der Waals surface area contributed by atoms with Gasteiger partial charge in [-0.05, 0) is 83.4 Å². The number of benzene rings is 8. The Morgan fingerprint density at radius 2 is 1.02 bits per heavy atom. The quantitative estimate of drug-likeness (QED) is 0.178. The van der Waals surface area contributed by atoms with Crippen molar-refractivity contribution in [1.82, 2.24) is 0 Å². The second-order valence-electron chi connectivity index (χ2n) is 13.3. The number of fused-ring (bicyclic) bond motifs is 9. The summed E-state index contributed by atoms with van der Waals surface area (Å²) in [5, 5.41) is 7.45. The number of furan rings is 1. The Morgan fingerprint density at radius 1 is 0.365 bits per heavy atom. The molecule has 0 unspecified atom stereocenters. The number of anilines is 3. The van der Waals surface area contributed by atoms with Gasteiger partial charge in [0.15, 0.2) is 0 Å².